The molecule has 0 atom stereocenters. The van der Waals surface area contributed by atoms with E-state index in [2.05, 4.69) is 0 Å². The summed E-state index contributed by atoms with van der Waals surface area (Å²) in [4.78, 5) is 29.5. The largest absolute Gasteiger partial charge is 0.365 e. The smallest absolute Gasteiger partial charge is 0.278 e. The van der Waals surface area contributed by atoms with Gasteiger partial charge < -0.3 is 4.90 Å². The topological polar surface area (TPSA) is 40.6 Å². The minimum atomic E-state index is -0.439. The van der Waals surface area contributed by atoms with Crippen molar-refractivity contribution in [3.8, 4) is 0 Å². The first-order valence-electron chi connectivity index (χ1n) is 9.70. The van der Waals surface area contributed by atoms with E-state index in [-0.39, 0.29) is 6.54 Å². The van der Waals surface area contributed by atoms with Crippen molar-refractivity contribution in [2.24, 2.45) is 0 Å². The van der Waals surface area contributed by atoms with Crippen LogP contribution in [0, 0.1) is 5.82 Å². The average Bonchev–Trinajstić information content (AvgIpc) is 3.01. The van der Waals surface area contributed by atoms with E-state index in [4.69, 9.17) is 0 Å². The molecule has 2 amide bonds. The minimum Gasteiger partial charge on any atom is -0.365 e. The molecule has 150 valence electrons. The lowest BCUT2D eigenvalue weighted by molar-refractivity contribution is -0.138. The van der Waals surface area contributed by atoms with Crippen LogP contribution in [0.5, 0.6) is 0 Å². The van der Waals surface area contributed by atoms with Crippen LogP contribution in [0.25, 0.3) is 5.57 Å². The van der Waals surface area contributed by atoms with E-state index < -0.39 is 17.6 Å². The summed E-state index contributed by atoms with van der Waals surface area (Å²) >= 11 is 0. The van der Waals surface area contributed by atoms with Gasteiger partial charge in [-0.1, -0.05) is 78.9 Å². The van der Waals surface area contributed by atoms with E-state index in [1.807, 2.05) is 60.7 Å². The monoisotopic (exact) mass is 400 g/mol. The lowest BCUT2D eigenvalue weighted by Crippen LogP contribution is -2.34. The van der Waals surface area contributed by atoms with Gasteiger partial charge in [-0.05, 0) is 17.2 Å². The maximum atomic E-state index is 14.2. The molecule has 0 spiro atoms. The Balaban J connectivity index is 1.72. The first-order valence-corrected chi connectivity index (χ1v) is 9.70. The highest BCUT2D eigenvalue weighted by Crippen LogP contribution is 2.32. The number of amides is 2. The fourth-order valence-electron chi connectivity index (χ4n) is 3.66. The molecule has 1 aliphatic rings. The third kappa shape index (κ3) is 3.74. The van der Waals surface area contributed by atoms with E-state index in [0.717, 1.165) is 10.5 Å². The molecule has 0 bridgehead atoms. The van der Waals surface area contributed by atoms with Gasteiger partial charge in [-0.25, -0.2) is 4.39 Å². The molecule has 0 radical (unpaired) electrons. The van der Waals surface area contributed by atoms with Gasteiger partial charge >= 0.3 is 0 Å². The van der Waals surface area contributed by atoms with Crippen molar-refractivity contribution in [3.05, 3.63) is 113 Å². The van der Waals surface area contributed by atoms with Crippen LogP contribution in [-0.4, -0.2) is 28.7 Å². The minimum absolute atomic E-state index is 0.108. The van der Waals surface area contributed by atoms with Crippen molar-refractivity contribution in [1.29, 1.82) is 0 Å². The van der Waals surface area contributed by atoms with Crippen molar-refractivity contribution in [3.63, 3.8) is 0 Å². The molecule has 0 N–H and O–H groups in total. The number of hydrogen-bond acceptors (Lipinski definition) is 3. The lowest BCUT2D eigenvalue weighted by atomic mass is 10.0. The first kappa shape index (κ1) is 19.6. The molecule has 5 heteroatoms. The first-order chi connectivity index (χ1) is 14.6. The van der Waals surface area contributed by atoms with Gasteiger partial charge in [0.2, 0.25) is 0 Å². The maximum Gasteiger partial charge on any atom is 0.278 e. The number of hydrogen-bond donors (Lipinski definition) is 0. The van der Waals surface area contributed by atoms with Gasteiger partial charge in [0.25, 0.3) is 11.8 Å². The number of carbonyl (C=O) groups excluding carboxylic acids is 2. The van der Waals surface area contributed by atoms with Crippen molar-refractivity contribution in [2.75, 3.05) is 7.05 Å². The Labute approximate surface area is 174 Å². The Morgan fingerprint density at radius 1 is 0.800 bits per heavy atom. The number of halogens is 1. The third-order valence-electron chi connectivity index (χ3n) is 5.14. The summed E-state index contributed by atoms with van der Waals surface area (Å²) in [6.45, 7) is 0.364. The Morgan fingerprint density at radius 3 is 2.07 bits per heavy atom. The summed E-state index contributed by atoms with van der Waals surface area (Å²) in [6.07, 6.45) is 0. The molecular weight excluding hydrogens is 379 g/mol. The Bertz CT molecular complexity index is 1110. The quantitative estimate of drug-likeness (QED) is 0.581. The van der Waals surface area contributed by atoms with Crippen LogP contribution in [0.1, 0.15) is 16.7 Å². The molecule has 3 aromatic carbocycles. The predicted octanol–water partition coefficient (Wildman–Crippen LogP) is 4.24. The standard InChI is InChI=1S/C25H21FN2O2/c1-27(16-18-10-4-2-5-11-18)23-22(19-12-6-3-7-13-19)24(29)28(25(23)30)17-20-14-8-9-15-21(20)26/h2-15H,16-17H2,1H3. The number of benzene rings is 3. The van der Waals surface area contributed by atoms with Crippen LogP contribution in [0.15, 0.2) is 90.6 Å². The normalized spacial score (nSPS) is 13.9. The second-order valence-corrected chi connectivity index (χ2v) is 7.22. The Hall–Kier alpha value is -3.73. The van der Waals surface area contributed by atoms with E-state index >= 15 is 0 Å². The van der Waals surface area contributed by atoms with Gasteiger partial charge in [0.05, 0.1) is 12.1 Å². The summed E-state index contributed by atoms with van der Waals surface area (Å²) in [5.74, 6) is -1.27. The highest BCUT2D eigenvalue weighted by molar-refractivity contribution is 6.35. The van der Waals surface area contributed by atoms with Crippen molar-refractivity contribution in [1.82, 2.24) is 9.80 Å². The zero-order valence-electron chi connectivity index (χ0n) is 16.6. The summed E-state index contributed by atoms with van der Waals surface area (Å²) in [5.41, 5.74) is 2.66. The van der Waals surface area contributed by atoms with E-state index in [9.17, 15) is 14.0 Å². The van der Waals surface area contributed by atoms with Crippen LogP contribution in [0.4, 0.5) is 4.39 Å². The van der Waals surface area contributed by atoms with Crippen molar-refractivity contribution in [2.45, 2.75) is 13.1 Å². The van der Waals surface area contributed by atoms with Crippen LogP contribution < -0.4 is 0 Å². The number of likely N-dealkylation sites (N-methyl/N-ethyl adjacent to an activating group) is 1. The van der Waals surface area contributed by atoms with E-state index in [1.165, 1.54) is 6.07 Å². The van der Waals surface area contributed by atoms with Crippen molar-refractivity contribution >= 4 is 17.4 Å². The zero-order valence-corrected chi connectivity index (χ0v) is 16.6. The number of rotatable bonds is 6. The molecule has 1 heterocycles. The molecule has 1 aliphatic heterocycles. The van der Waals surface area contributed by atoms with E-state index in [0.29, 0.717) is 28.9 Å². The van der Waals surface area contributed by atoms with Crippen LogP contribution in [0.3, 0.4) is 0 Å². The Morgan fingerprint density at radius 2 is 1.40 bits per heavy atom. The molecule has 0 unspecified atom stereocenters. The molecule has 0 fully saturated rings. The average molecular weight is 400 g/mol. The van der Waals surface area contributed by atoms with Crippen LogP contribution in [-0.2, 0) is 22.7 Å². The Kier molecular flexibility index (Phi) is 5.44. The highest BCUT2D eigenvalue weighted by atomic mass is 19.1. The molecule has 0 saturated carbocycles. The predicted molar refractivity (Wildman–Crippen MR) is 113 cm³/mol. The highest BCUT2D eigenvalue weighted by Gasteiger charge is 2.40. The number of imide groups is 1. The van der Waals surface area contributed by atoms with Gasteiger partial charge in [-0.2, -0.15) is 0 Å². The molecule has 0 saturated heterocycles. The second kappa shape index (κ2) is 8.33. The lowest BCUT2D eigenvalue weighted by Gasteiger charge is -2.21. The summed E-state index contributed by atoms with van der Waals surface area (Å²) < 4.78 is 14.2. The maximum absolute atomic E-state index is 14.2. The van der Waals surface area contributed by atoms with Gasteiger partial charge in [-0.3, -0.25) is 14.5 Å². The molecule has 0 aliphatic carbocycles. The van der Waals surface area contributed by atoms with Crippen molar-refractivity contribution < 1.29 is 14.0 Å². The van der Waals surface area contributed by atoms with Crippen LogP contribution in [0.2, 0.25) is 0 Å². The summed E-state index contributed by atoms with van der Waals surface area (Å²) in [6, 6.07) is 25.1. The summed E-state index contributed by atoms with van der Waals surface area (Å²) in [7, 11) is 1.79. The molecule has 4 rings (SSSR count). The molecule has 0 aromatic heterocycles. The molecule has 30 heavy (non-hydrogen) atoms. The third-order valence-corrected chi connectivity index (χ3v) is 5.14. The SMILES string of the molecule is CN(Cc1ccccc1)C1=C(c2ccccc2)C(=O)N(Cc2ccccc2F)C1=O. The molecule has 3 aromatic rings. The second-order valence-electron chi connectivity index (χ2n) is 7.22. The van der Waals surface area contributed by atoms with Gasteiger partial charge in [-0.15, -0.1) is 0 Å². The molecule has 4 nitrogen and oxygen atoms in total. The fourth-order valence-corrected chi connectivity index (χ4v) is 3.66. The van der Waals surface area contributed by atoms with E-state index in [1.54, 1.807) is 30.1 Å². The van der Waals surface area contributed by atoms with Crippen LogP contribution >= 0.6 is 0 Å². The fraction of sp³-hybridized carbons (Fsp3) is 0.120. The van der Waals surface area contributed by atoms with Gasteiger partial charge in [0, 0.05) is 19.2 Å². The van der Waals surface area contributed by atoms with Gasteiger partial charge in [0.1, 0.15) is 11.5 Å². The molecular formula is C25H21FN2O2. The zero-order chi connectivity index (χ0) is 21.1. The number of nitrogens with zero attached hydrogens (tertiary/aromatic N) is 2. The van der Waals surface area contributed by atoms with Gasteiger partial charge in [0.15, 0.2) is 0 Å². The number of carbonyl (C=O) groups is 2. The summed E-state index contributed by atoms with van der Waals surface area (Å²) in [5, 5.41) is 0.